The summed E-state index contributed by atoms with van der Waals surface area (Å²) in [5.74, 6) is 0.602. The van der Waals surface area contributed by atoms with E-state index in [4.69, 9.17) is 5.73 Å². The number of nitrogens with two attached hydrogens (primary N) is 1. The van der Waals surface area contributed by atoms with E-state index in [1.807, 2.05) is 6.92 Å². The van der Waals surface area contributed by atoms with Gasteiger partial charge in [0.05, 0.1) is 0 Å². The molecule has 17 heavy (non-hydrogen) atoms. The highest BCUT2D eigenvalue weighted by atomic mass is 14.8. The Morgan fingerprint density at radius 3 is 2.06 bits per heavy atom. The molecule has 2 heteroatoms. The Labute approximate surface area is 103 Å². The summed E-state index contributed by atoms with van der Waals surface area (Å²) in [4.78, 5) is 4.24. The van der Waals surface area contributed by atoms with E-state index in [1.165, 1.54) is 22.3 Å². The maximum atomic E-state index is 5.99. The number of pyridine rings is 1. The Morgan fingerprint density at radius 2 is 1.47 bits per heavy atom. The normalized spacial score (nSPS) is 10.6. The molecule has 1 aromatic carbocycles. The summed E-state index contributed by atoms with van der Waals surface area (Å²) in [6.07, 6.45) is 1.80. The topological polar surface area (TPSA) is 38.9 Å². The Bertz CT molecular complexity index is 548. The third kappa shape index (κ3) is 2.16. The van der Waals surface area contributed by atoms with Gasteiger partial charge in [0.1, 0.15) is 5.82 Å². The van der Waals surface area contributed by atoms with Crippen LogP contribution in [-0.2, 0) is 0 Å². The first kappa shape index (κ1) is 11.6. The van der Waals surface area contributed by atoms with Gasteiger partial charge in [0.2, 0.25) is 0 Å². The molecule has 0 aliphatic carbocycles. The van der Waals surface area contributed by atoms with Crippen LogP contribution in [0.5, 0.6) is 0 Å². The van der Waals surface area contributed by atoms with Gasteiger partial charge in [0, 0.05) is 11.8 Å². The molecule has 2 nitrogen and oxygen atoms in total. The van der Waals surface area contributed by atoms with Crippen molar-refractivity contribution in [1.29, 1.82) is 0 Å². The lowest BCUT2D eigenvalue weighted by atomic mass is 9.93. The fraction of sp³-hybridized carbons (Fsp3) is 0.267. The van der Waals surface area contributed by atoms with Crippen LogP contribution < -0.4 is 5.73 Å². The molecule has 0 atom stereocenters. The molecule has 0 radical (unpaired) electrons. The van der Waals surface area contributed by atoms with Crippen molar-refractivity contribution in [2.45, 2.75) is 27.7 Å². The summed E-state index contributed by atoms with van der Waals surface area (Å²) in [5.41, 5.74) is 13.2. The maximum Gasteiger partial charge on any atom is 0.131 e. The number of nitrogen functional groups attached to an aromatic ring is 1. The molecule has 0 aliphatic rings. The molecule has 0 fully saturated rings. The molecule has 1 aromatic heterocycles. The Kier molecular flexibility index (Phi) is 2.88. The van der Waals surface area contributed by atoms with Crippen LogP contribution in [0, 0.1) is 27.7 Å². The van der Waals surface area contributed by atoms with Gasteiger partial charge in [0.25, 0.3) is 0 Å². The number of benzene rings is 1. The van der Waals surface area contributed by atoms with Crippen molar-refractivity contribution in [1.82, 2.24) is 4.98 Å². The minimum Gasteiger partial charge on any atom is -0.383 e. The molecule has 0 bridgehead atoms. The lowest BCUT2D eigenvalue weighted by Crippen LogP contribution is -1.98. The number of anilines is 1. The van der Waals surface area contributed by atoms with Gasteiger partial charge in [-0.1, -0.05) is 17.7 Å². The molecule has 2 N–H and O–H groups in total. The molecule has 2 aromatic rings. The molecule has 0 unspecified atom stereocenters. The van der Waals surface area contributed by atoms with E-state index in [9.17, 15) is 0 Å². The SMILES string of the molecule is Cc1cc(C)c(-c2cc(C)cnc2N)c(C)c1. The summed E-state index contributed by atoms with van der Waals surface area (Å²) >= 11 is 0. The Morgan fingerprint density at radius 1 is 0.882 bits per heavy atom. The number of aromatic nitrogens is 1. The summed E-state index contributed by atoms with van der Waals surface area (Å²) in [5, 5.41) is 0. The zero-order valence-electron chi connectivity index (χ0n) is 10.8. The van der Waals surface area contributed by atoms with Gasteiger partial charge >= 0.3 is 0 Å². The Hall–Kier alpha value is -1.83. The van der Waals surface area contributed by atoms with Gasteiger partial charge in [0.15, 0.2) is 0 Å². The molecule has 0 saturated heterocycles. The van der Waals surface area contributed by atoms with Gasteiger partial charge in [-0.05, 0) is 56.0 Å². The summed E-state index contributed by atoms with van der Waals surface area (Å²) in [6.45, 7) is 8.39. The van der Waals surface area contributed by atoms with E-state index >= 15 is 0 Å². The fourth-order valence-corrected chi connectivity index (χ4v) is 2.38. The zero-order chi connectivity index (χ0) is 12.6. The van der Waals surface area contributed by atoms with Crippen LogP contribution in [-0.4, -0.2) is 4.98 Å². The quantitative estimate of drug-likeness (QED) is 0.807. The van der Waals surface area contributed by atoms with Gasteiger partial charge in [-0.3, -0.25) is 0 Å². The molecule has 0 saturated carbocycles. The number of hydrogen-bond acceptors (Lipinski definition) is 2. The van der Waals surface area contributed by atoms with Crippen LogP contribution in [0.4, 0.5) is 5.82 Å². The van der Waals surface area contributed by atoms with Crippen molar-refractivity contribution in [3.63, 3.8) is 0 Å². The van der Waals surface area contributed by atoms with Crippen molar-refractivity contribution < 1.29 is 0 Å². The second kappa shape index (κ2) is 4.21. The van der Waals surface area contributed by atoms with Crippen molar-refractivity contribution in [3.8, 4) is 11.1 Å². The number of hydrogen-bond donors (Lipinski definition) is 1. The monoisotopic (exact) mass is 226 g/mol. The van der Waals surface area contributed by atoms with Crippen LogP contribution in [0.15, 0.2) is 24.4 Å². The first-order valence-corrected chi connectivity index (χ1v) is 5.79. The van der Waals surface area contributed by atoms with Crippen molar-refractivity contribution >= 4 is 5.82 Å². The molecule has 1 heterocycles. The minimum atomic E-state index is 0.602. The minimum absolute atomic E-state index is 0.602. The lowest BCUT2D eigenvalue weighted by Gasteiger charge is -2.13. The lowest BCUT2D eigenvalue weighted by molar-refractivity contribution is 1.26. The predicted octanol–water partition coefficient (Wildman–Crippen LogP) is 3.56. The highest BCUT2D eigenvalue weighted by Crippen LogP contribution is 2.31. The van der Waals surface area contributed by atoms with E-state index in [-0.39, 0.29) is 0 Å². The van der Waals surface area contributed by atoms with Crippen LogP contribution in [0.25, 0.3) is 11.1 Å². The Balaban J connectivity index is 2.72. The first-order valence-electron chi connectivity index (χ1n) is 5.79. The standard InChI is InChI=1S/C15H18N2/c1-9-5-11(3)14(12(4)6-9)13-7-10(2)8-17-15(13)16/h5-8H,1-4H3,(H2,16,17). The van der Waals surface area contributed by atoms with E-state index in [1.54, 1.807) is 6.20 Å². The third-order valence-electron chi connectivity index (χ3n) is 3.00. The van der Waals surface area contributed by atoms with Crippen molar-refractivity contribution in [3.05, 3.63) is 46.6 Å². The first-order chi connectivity index (χ1) is 7.99. The number of rotatable bonds is 1. The van der Waals surface area contributed by atoms with Gasteiger partial charge in [-0.25, -0.2) is 4.98 Å². The molecular weight excluding hydrogens is 208 g/mol. The van der Waals surface area contributed by atoms with Crippen LogP contribution in [0.1, 0.15) is 22.3 Å². The van der Waals surface area contributed by atoms with Gasteiger partial charge in [-0.2, -0.15) is 0 Å². The van der Waals surface area contributed by atoms with E-state index < -0.39 is 0 Å². The van der Waals surface area contributed by atoms with Crippen molar-refractivity contribution in [2.24, 2.45) is 0 Å². The average molecular weight is 226 g/mol. The predicted molar refractivity (Wildman–Crippen MR) is 73.0 cm³/mol. The highest BCUT2D eigenvalue weighted by molar-refractivity contribution is 5.79. The van der Waals surface area contributed by atoms with Crippen LogP contribution in [0.2, 0.25) is 0 Å². The largest absolute Gasteiger partial charge is 0.383 e. The molecule has 2 rings (SSSR count). The summed E-state index contributed by atoms with van der Waals surface area (Å²) in [7, 11) is 0. The zero-order valence-corrected chi connectivity index (χ0v) is 10.8. The summed E-state index contributed by atoms with van der Waals surface area (Å²) < 4.78 is 0. The molecule has 0 aliphatic heterocycles. The number of nitrogens with zero attached hydrogens (tertiary/aromatic N) is 1. The van der Waals surface area contributed by atoms with Crippen molar-refractivity contribution in [2.75, 3.05) is 5.73 Å². The average Bonchev–Trinajstić information content (AvgIpc) is 2.21. The van der Waals surface area contributed by atoms with E-state index in [2.05, 4.69) is 44.0 Å². The highest BCUT2D eigenvalue weighted by Gasteiger charge is 2.10. The molecule has 0 spiro atoms. The van der Waals surface area contributed by atoms with Gasteiger partial charge in [-0.15, -0.1) is 0 Å². The van der Waals surface area contributed by atoms with Gasteiger partial charge < -0.3 is 5.73 Å². The smallest absolute Gasteiger partial charge is 0.131 e. The second-order valence-corrected chi connectivity index (χ2v) is 4.72. The van der Waals surface area contributed by atoms with E-state index in [0.717, 1.165) is 11.1 Å². The molecular formula is C15H18N2. The molecule has 0 amide bonds. The number of aryl methyl sites for hydroxylation is 4. The second-order valence-electron chi connectivity index (χ2n) is 4.72. The maximum absolute atomic E-state index is 5.99. The van der Waals surface area contributed by atoms with Crippen LogP contribution in [0.3, 0.4) is 0 Å². The van der Waals surface area contributed by atoms with Crippen LogP contribution >= 0.6 is 0 Å². The third-order valence-corrected chi connectivity index (χ3v) is 3.00. The van der Waals surface area contributed by atoms with E-state index in [0.29, 0.717) is 5.82 Å². The molecule has 88 valence electrons. The summed E-state index contributed by atoms with van der Waals surface area (Å²) in [6, 6.07) is 6.47. The fourth-order valence-electron chi connectivity index (χ4n) is 2.38.